The number of rotatable bonds is 3. The smallest absolute Gasteiger partial charge is 0.178 e. The Bertz CT molecular complexity index is 679. The molecule has 18 heavy (non-hydrogen) atoms. The predicted molar refractivity (Wildman–Crippen MR) is 75.6 cm³/mol. The summed E-state index contributed by atoms with van der Waals surface area (Å²) in [6.07, 6.45) is 1.64. The minimum absolute atomic E-state index is 0.0537. The third-order valence-corrected chi connectivity index (χ3v) is 4.72. The lowest BCUT2D eigenvalue weighted by atomic mass is 10.3. The first kappa shape index (κ1) is 13.7. The number of aromatic amines is 1. The fraction of sp³-hybridized carbons (Fsp3) is 0.364. The Kier molecular flexibility index (Phi) is 3.89. The van der Waals surface area contributed by atoms with Gasteiger partial charge in [0, 0.05) is 34.9 Å². The molecule has 1 aromatic carbocycles. The second kappa shape index (κ2) is 5.11. The standard InChI is InChI=1S/C11H12ClFN2OS2/c1-6(18(2)16)5-15-10-4-8(13)7(12)3-9(10)14-11(15)17/h3-4,6H,5H2,1-2H3,(H,14,17). The minimum Gasteiger partial charge on any atom is -0.331 e. The molecule has 1 heterocycles. The SMILES string of the molecule is CC(Cn1c(=S)[nH]c2cc(Cl)c(F)cc21)S(C)=O. The van der Waals surface area contributed by atoms with Crippen LogP contribution >= 0.6 is 23.8 Å². The predicted octanol–water partition coefficient (Wildman–Crippen LogP) is 3.26. The highest BCUT2D eigenvalue weighted by atomic mass is 35.5. The molecule has 2 rings (SSSR count). The van der Waals surface area contributed by atoms with Crippen molar-refractivity contribution in [1.29, 1.82) is 0 Å². The van der Waals surface area contributed by atoms with Gasteiger partial charge in [-0.3, -0.25) is 4.21 Å². The lowest BCUT2D eigenvalue weighted by Gasteiger charge is -2.10. The van der Waals surface area contributed by atoms with Gasteiger partial charge in [0.1, 0.15) is 5.82 Å². The highest BCUT2D eigenvalue weighted by Gasteiger charge is 2.13. The zero-order valence-corrected chi connectivity index (χ0v) is 12.3. The van der Waals surface area contributed by atoms with E-state index in [1.54, 1.807) is 10.8 Å². The van der Waals surface area contributed by atoms with Crippen LogP contribution in [0.25, 0.3) is 11.0 Å². The topological polar surface area (TPSA) is 37.8 Å². The Labute approximate surface area is 116 Å². The highest BCUT2D eigenvalue weighted by molar-refractivity contribution is 7.84. The summed E-state index contributed by atoms with van der Waals surface area (Å²) in [5.74, 6) is -0.489. The van der Waals surface area contributed by atoms with Crippen LogP contribution in [0.4, 0.5) is 4.39 Å². The zero-order valence-electron chi connectivity index (χ0n) is 9.87. The van der Waals surface area contributed by atoms with Gasteiger partial charge in [0.15, 0.2) is 4.77 Å². The average Bonchev–Trinajstić information content (AvgIpc) is 2.56. The van der Waals surface area contributed by atoms with Gasteiger partial charge in [0.05, 0.1) is 16.1 Å². The van der Waals surface area contributed by atoms with Crippen LogP contribution in [-0.4, -0.2) is 25.3 Å². The summed E-state index contributed by atoms with van der Waals surface area (Å²) in [5.41, 5.74) is 1.32. The molecule has 0 radical (unpaired) electrons. The molecule has 0 aliphatic carbocycles. The molecule has 3 nitrogen and oxygen atoms in total. The molecule has 2 atom stereocenters. The molecule has 0 amide bonds. The summed E-state index contributed by atoms with van der Waals surface area (Å²) in [7, 11) is -0.957. The summed E-state index contributed by atoms with van der Waals surface area (Å²) in [4.78, 5) is 2.97. The van der Waals surface area contributed by atoms with Gasteiger partial charge in [-0.1, -0.05) is 11.6 Å². The van der Waals surface area contributed by atoms with E-state index in [9.17, 15) is 8.60 Å². The Morgan fingerprint density at radius 2 is 2.28 bits per heavy atom. The van der Waals surface area contributed by atoms with E-state index in [0.29, 0.717) is 22.3 Å². The summed E-state index contributed by atoms with van der Waals surface area (Å²) < 4.78 is 27.1. The van der Waals surface area contributed by atoms with Gasteiger partial charge in [-0.2, -0.15) is 0 Å². The van der Waals surface area contributed by atoms with Crippen molar-refractivity contribution < 1.29 is 8.60 Å². The van der Waals surface area contributed by atoms with E-state index in [1.807, 2.05) is 6.92 Å². The Hall–Kier alpha value is -0.720. The maximum absolute atomic E-state index is 13.5. The molecule has 0 spiro atoms. The number of nitrogens with one attached hydrogen (secondary N) is 1. The van der Waals surface area contributed by atoms with Crippen LogP contribution in [0.3, 0.4) is 0 Å². The average molecular weight is 307 g/mol. The molecule has 2 unspecified atom stereocenters. The number of fused-ring (bicyclic) bond motifs is 1. The summed E-state index contributed by atoms with van der Waals surface area (Å²) in [6.45, 7) is 2.34. The molecule has 0 saturated heterocycles. The van der Waals surface area contributed by atoms with Crippen molar-refractivity contribution in [3.05, 3.63) is 27.7 Å². The largest absolute Gasteiger partial charge is 0.331 e. The molecule has 0 saturated carbocycles. The van der Waals surface area contributed by atoms with Crippen molar-refractivity contribution in [2.75, 3.05) is 6.26 Å². The second-order valence-electron chi connectivity index (χ2n) is 4.13. The van der Waals surface area contributed by atoms with Crippen molar-refractivity contribution in [3.8, 4) is 0 Å². The number of nitrogens with zero attached hydrogens (tertiary/aromatic N) is 1. The number of H-pyrrole nitrogens is 1. The summed E-state index contributed by atoms with van der Waals surface area (Å²) in [6, 6.07) is 2.85. The van der Waals surface area contributed by atoms with E-state index >= 15 is 0 Å². The van der Waals surface area contributed by atoms with Crippen molar-refractivity contribution in [1.82, 2.24) is 9.55 Å². The number of aromatic nitrogens is 2. The summed E-state index contributed by atoms with van der Waals surface area (Å²) >= 11 is 10.9. The molecule has 1 N–H and O–H groups in total. The zero-order chi connectivity index (χ0) is 13.4. The lowest BCUT2D eigenvalue weighted by molar-refractivity contribution is 0.626. The molecule has 0 fully saturated rings. The number of imidazole rings is 1. The van der Waals surface area contributed by atoms with Crippen LogP contribution in [0.1, 0.15) is 6.92 Å². The molecule has 0 aliphatic heterocycles. The number of benzene rings is 1. The quantitative estimate of drug-likeness (QED) is 0.884. The molecule has 0 bridgehead atoms. The van der Waals surface area contributed by atoms with Crippen molar-refractivity contribution >= 4 is 45.7 Å². The summed E-state index contributed by atoms with van der Waals surface area (Å²) in [5, 5.41) is -0.00699. The van der Waals surface area contributed by atoms with Gasteiger partial charge in [-0.05, 0) is 25.2 Å². The Balaban J connectivity index is 2.57. The van der Waals surface area contributed by atoms with Crippen LogP contribution in [0.15, 0.2) is 12.1 Å². The minimum atomic E-state index is -0.957. The molecular weight excluding hydrogens is 295 g/mol. The third-order valence-electron chi connectivity index (χ3n) is 2.82. The van der Waals surface area contributed by atoms with Gasteiger partial charge in [-0.15, -0.1) is 0 Å². The van der Waals surface area contributed by atoms with Gasteiger partial charge >= 0.3 is 0 Å². The van der Waals surface area contributed by atoms with Gasteiger partial charge in [-0.25, -0.2) is 4.39 Å². The number of hydrogen-bond acceptors (Lipinski definition) is 2. The molecule has 2 aromatic rings. The highest BCUT2D eigenvalue weighted by Crippen LogP contribution is 2.23. The van der Waals surface area contributed by atoms with E-state index in [-0.39, 0.29) is 10.3 Å². The number of halogens is 2. The van der Waals surface area contributed by atoms with E-state index in [2.05, 4.69) is 4.98 Å². The molecule has 7 heteroatoms. The van der Waals surface area contributed by atoms with Gasteiger partial charge < -0.3 is 9.55 Å². The van der Waals surface area contributed by atoms with E-state index in [0.717, 1.165) is 0 Å². The first-order valence-electron chi connectivity index (χ1n) is 5.30. The third kappa shape index (κ3) is 2.50. The van der Waals surface area contributed by atoms with E-state index in [1.165, 1.54) is 12.1 Å². The maximum atomic E-state index is 13.5. The van der Waals surface area contributed by atoms with Crippen molar-refractivity contribution in [2.45, 2.75) is 18.7 Å². The van der Waals surface area contributed by atoms with Crippen LogP contribution in [-0.2, 0) is 17.3 Å². The van der Waals surface area contributed by atoms with E-state index < -0.39 is 16.6 Å². The molecule has 98 valence electrons. The number of hydrogen-bond donors (Lipinski definition) is 1. The van der Waals surface area contributed by atoms with Crippen LogP contribution < -0.4 is 0 Å². The van der Waals surface area contributed by atoms with Crippen LogP contribution in [0.2, 0.25) is 5.02 Å². The molecular formula is C11H12ClFN2OS2. The lowest BCUT2D eigenvalue weighted by Crippen LogP contribution is -2.17. The van der Waals surface area contributed by atoms with Crippen molar-refractivity contribution in [2.24, 2.45) is 0 Å². The molecule has 0 aliphatic rings. The first-order valence-corrected chi connectivity index (χ1v) is 7.70. The van der Waals surface area contributed by atoms with Crippen LogP contribution in [0.5, 0.6) is 0 Å². The van der Waals surface area contributed by atoms with Gasteiger partial charge in [0.25, 0.3) is 0 Å². The van der Waals surface area contributed by atoms with Gasteiger partial charge in [0.2, 0.25) is 0 Å². The fourth-order valence-corrected chi connectivity index (χ4v) is 2.50. The monoisotopic (exact) mass is 306 g/mol. The Morgan fingerprint density at radius 3 is 2.89 bits per heavy atom. The first-order chi connectivity index (χ1) is 8.40. The fourth-order valence-electron chi connectivity index (χ4n) is 1.70. The second-order valence-corrected chi connectivity index (χ2v) is 6.73. The van der Waals surface area contributed by atoms with Crippen molar-refractivity contribution in [3.63, 3.8) is 0 Å². The Morgan fingerprint density at radius 1 is 1.61 bits per heavy atom. The van der Waals surface area contributed by atoms with E-state index in [4.69, 9.17) is 23.8 Å². The maximum Gasteiger partial charge on any atom is 0.178 e. The van der Waals surface area contributed by atoms with Crippen LogP contribution in [0, 0.1) is 10.6 Å². The normalized spacial score (nSPS) is 14.9. The molecule has 1 aromatic heterocycles.